The topological polar surface area (TPSA) is 74.6 Å². The van der Waals surface area contributed by atoms with Gasteiger partial charge in [0.25, 0.3) is 5.91 Å². The molecule has 0 aliphatic rings. The van der Waals surface area contributed by atoms with Crippen molar-refractivity contribution in [3.63, 3.8) is 0 Å². The highest BCUT2D eigenvalue weighted by atomic mass is 32.1. The Morgan fingerprint density at radius 3 is 2.58 bits per heavy atom. The van der Waals surface area contributed by atoms with E-state index in [4.69, 9.17) is 14.2 Å². The minimum absolute atomic E-state index is 0.239. The van der Waals surface area contributed by atoms with Gasteiger partial charge in [-0.25, -0.2) is 9.07 Å². The number of methoxy groups -OCH3 is 2. The van der Waals surface area contributed by atoms with Crippen LogP contribution >= 0.6 is 11.3 Å². The molecule has 3 aromatic carbocycles. The maximum Gasteiger partial charge on any atom is 0.265 e. The summed E-state index contributed by atoms with van der Waals surface area (Å²) >= 11 is 1.32. The first-order chi connectivity index (χ1) is 18.5. The van der Waals surface area contributed by atoms with Crippen LogP contribution in [-0.2, 0) is 0 Å². The first-order valence-corrected chi connectivity index (χ1v) is 12.8. The first-order valence-electron chi connectivity index (χ1n) is 11.9. The third kappa shape index (κ3) is 5.19. The molecule has 7 nitrogen and oxygen atoms in total. The quantitative estimate of drug-likeness (QED) is 0.246. The van der Waals surface area contributed by atoms with Crippen LogP contribution in [0.5, 0.6) is 17.2 Å². The molecule has 0 aliphatic heterocycles. The van der Waals surface area contributed by atoms with Gasteiger partial charge in [0.2, 0.25) is 0 Å². The molecule has 2 aromatic heterocycles. The third-order valence-corrected chi connectivity index (χ3v) is 7.06. The van der Waals surface area contributed by atoms with E-state index in [0.29, 0.717) is 22.1 Å². The number of nitrogens with one attached hydrogen (secondary N) is 1. The lowest BCUT2D eigenvalue weighted by molar-refractivity contribution is 0.0883. The number of benzene rings is 3. The largest absolute Gasteiger partial charge is 0.497 e. The first kappa shape index (κ1) is 25.3. The van der Waals surface area contributed by atoms with Gasteiger partial charge < -0.3 is 19.5 Å². The van der Waals surface area contributed by atoms with E-state index >= 15 is 0 Å². The number of amides is 1. The number of hydrogen-bond acceptors (Lipinski definition) is 6. The zero-order valence-electron chi connectivity index (χ0n) is 21.1. The van der Waals surface area contributed by atoms with Crippen molar-refractivity contribution in [3.05, 3.63) is 101 Å². The molecule has 0 fully saturated rings. The number of rotatable bonds is 9. The predicted molar refractivity (Wildman–Crippen MR) is 145 cm³/mol. The average molecular weight is 532 g/mol. The molecule has 0 spiro atoms. The summed E-state index contributed by atoms with van der Waals surface area (Å²) in [6, 6.07) is 20.8. The molecule has 5 rings (SSSR count). The molecule has 0 saturated carbocycles. The number of ether oxygens (including phenoxy) is 3. The normalized spacial score (nSPS) is 12.6. The molecule has 194 valence electrons. The summed E-state index contributed by atoms with van der Waals surface area (Å²) in [5, 5.41) is 10.2. The van der Waals surface area contributed by atoms with Crippen LogP contribution in [0.25, 0.3) is 16.6 Å². The van der Waals surface area contributed by atoms with Gasteiger partial charge in [-0.1, -0.05) is 12.1 Å². The fourth-order valence-corrected chi connectivity index (χ4v) is 5.03. The van der Waals surface area contributed by atoms with Crippen LogP contribution in [-0.4, -0.2) is 35.9 Å². The van der Waals surface area contributed by atoms with Crippen molar-refractivity contribution in [2.45, 2.75) is 19.1 Å². The van der Waals surface area contributed by atoms with Crippen LogP contribution in [0.4, 0.5) is 4.39 Å². The summed E-state index contributed by atoms with van der Waals surface area (Å²) in [4.78, 5) is 13.5. The van der Waals surface area contributed by atoms with Crippen LogP contribution in [0, 0.1) is 5.82 Å². The highest BCUT2D eigenvalue weighted by Crippen LogP contribution is 2.31. The minimum Gasteiger partial charge on any atom is -0.497 e. The molecule has 0 saturated heterocycles. The lowest BCUT2D eigenvalue weighted by Crippen LogP contribution is -2.39. The number of thiophene rings is 1. The fraction of sp³-hybridized carbons (Fsp3) is 0.172. The van der Waals surface area contributed by atoms with Crippen LogP contribution < -0.4 is 19.5 Å². The minimum atomic E-state index is -0.524. The van der Waals surface area contributed by atoms with Crippen molar-refractivity contribution in [2.75, 3.05) is 14.2 Å². The van der Waals surface area contributed by atoms with Crippen LogP contribution in [0.3, 0.4) is 0 Å². The number of nitrogens with zero attached hydrogens (tertiary/aromatic N) is 2. The van der Waals surface area contributed by atoms with E-state index in [-0.39, 0.29) is 11.7 Å². The molecule has 38 heavy (non-hydrogen) atoms. The lowest BCUT2D eigenvalue weighted by Gasteiger charge is -2.27. The Labute approximate surface area is 223 Å². The Hall–Kier alpha value is -4.37. The summed E-state index contributed by atoms with van der Waals surface area (Å²) in [5.74, 6) is 1.28. The molecule has 0 unspecified atom stereocenters. The van der Waals surface area contributed by atoms with Crippen molar-refractivity contribution in [1.82, 2.24) is 15.1 Å². The Bertz CT molecular complexity index is 1560. The SMILES string of the molecule is COc1cccc([C@H](Oc2ccc3c(cnn3-c3ccc(F)cc3)c2)[C@H](C)NC(=O)c2sccc2OC)c1. The van der Waals surface area contributed by atoms with E-state index in [1.165, 1.54) is 23.5 Å². The van der Waals surface area contributed by atoms with Crippen LogP contribution in [0.2, 0.25) is 0 Å². The summed E-state index contributed by atoms with van der Waals surface area (Å²) in [6.45, 7) is 1.90. The van der Waals surface area contributed by atoms with Crippen molar-refractivity contribution >= 4 is 28.1 Å². The maximum absolute atomic E-state index is 13.4. The van der Waals surface area contributed by atoms with Crippen LogP contribution in [0.15, 0.2) is 84.4 Å². The summed E-state index contributed by atoms with van der Waals surface area (Å²) in [7, 11) is 3.15. The van der Waals surface area contributed by atoms with E-state index in [2.05, 4.69) is 10.4 Å². The van der Waals surface area contributed by atoms with Gasteiger partial charge in [-0.05, 0) is 78.5 Å². The number of halogens is 1. The third-order valence-electron chi connectivity index (χ3n) is 6.16. The van der Waals surface area contributed by atoms with Gasteiger partial charge in [-0.2, -0.15) is 5.10 Å². The van der Waals surface area contributed by atoms with Gasteiger partial charge in [0.15, 0.2) is 0 Å². The summed E-state index contributed by atoms with van der Waals surface area (Å²) in [5.41, 5.74) is 2.45. The van der Waals surface area contributed by atoms with Gasteiger partial charge in [0, 0.05) is 5.39 Å². The molecule has 9 heteroatoms. The molecule has 2 heterocycles. The van der Waals surface area contributed by atoms with Crippen molar-refractivity contribution in [1.29, 1.82) is 0 Å². The van der Waals surface area contributed by atoms with E-state index in [1.807, 2.05) is 54.8 Å². The average Bonchev–Trinajstić information content (AvgIpc) is 3.59. The van der Waals surface area contributed by atoms with Crippen molar-refractivity contribution in [2.24, 2.45) is 0 Å². The zero-order chi connectivity index (χ0) is 26.6. The molecule has 0 bridgehead atoms. The monoisotopic (exact) mass is 531 g/mol. The molecular weight excluding hydrogens is 505 g/mol. The second-order valence-electron chi connectivity index (χ2n) is 8.65. The van der Waals surface area contributed by atoms with Gasteiger partial charge in [-0.15, -0.1) is 11.3 Å². The Balaban J connectivity index is 1.44. The molecule has 5 aromatic rings. The van der Waals surface area contributed by atoms with Crippen molar-refractivity contribution < 1.29 is 23.4 Å². The van der Waals surface area contributed by atoms with Gasteiger partial charge in [0.05, 0.1) is 37.7 Å². The molecule has 0 radical (unpaired) electrons. The maximum atomic E-state index is 13.4. The molecule has 1 amide bonds. The lowest BCUT2D eigenvalue weighted by atomic mass is 10.0. The van der Waals surface area contributed by atoms with Gasteiger partial charge >= 0.3 is 0 Å². The predicted octanol–water partition coefficient (Wildman–Crippen LogP) is 6.18. The van der Waals surface area contributed by atoms with E-state index < -0.39 is 12.1 Å². The van der Waals surface area contributed by atoms with E-state index in [1.54, 1.807) is 43.3 Å². The van der Waals surface area contributed by atoms with Crippen LogP contribution in [0.1, 0.15) is 28.3 Å². The van der Waals surface area contributed by atoms with Gasteiger partial charge in [-0.3, -0.25) is 4.79 Å². The number of fused-ring (bicyclic) bond motifs is 1. The highest BCUT2D eigenvalue weighted by molar-refractivity contribution is 7.12. The molecule has 2 atom stereocenters. The standard InChI is InChI=1S/C29H26FN3O4S/c1-18(32-29(34)28-26(36-3)13-14-38-28)27(19-5-4-6-23(15-19)35-2)37-24-11-12-25-20(16-24)17-31-33(25)22-9-7-21(30)8-10-22/h4-18,27H,1-3H3,(H,32,34)/t18-,27+/m0/s1. The zero-order valence-corrected chi connectivity index (χ0v) is 21.9. The highest BCUT2D eigenvalue weighted by Gasteiger charge is 2.26. The van der Waals surface area contributed by atoms with E-state index in [9.17, 15) is 9.18 Å². The Kier molecular flexibility index (Phi) is 7.28. The number of carbonyl (C=O) groups excluding carboxylic acids is 1. The second kappa shape index (κ2) is 10.9. The summed E-state index contributed by atoms with van der Waals surface area (Å²) in [6.07, 6.45) is 1.21. The fourth-order valence-electron chi connectivity index (χ4n) is 4.27. The number of aromatic nitrogens is 2. The smallest absolute Gasteiger partial charge is 0.265 e. The number of hydrogen-bond donors (Lipinski definition) is 1. The molecule has 0 aliphatic carbocycles. The molecular formula is C29H26FN3O4S. The van der Waals surface area contributed by atoms with E-state index in [0.717, 1.165) is 22.2 Å². The number of carbonyl (C=O) groups is 1. The van der Waals surface area contributed by atoms with Crippen molar-refractivity contribution in [3.8, 4) is 22.9 Å². The molecule has 1 N–H and O–H groups in total. The van der Waals surface area contributed by atoms with Gasteiger partial charge in [0.1, 0.15) is 34.0 Å². The Morgan fingerprint density at radius 1 is 1.00 bits per heavy atom. The Morgan fingerprint density at radius 2 is 1.82 bits per heavy atom. The summed E-state index contributed by atoms with van der Waals surface area (Å²) < 4.78 is 32.4. The second-order valence-corrected chi connectivity index (χ2v) is 9.56.